The van der Waals surface area contributed by atoms with Crippen LogP contribution >= 0.6 is 0 Å². The zero-order chi connectivity index (χ0) is 17.6. The maximum Gasteiger partial charge on any atom is 0.129 e. The van der Waals surface area contributed by atoms with Crippen molar-refractivity contribution in [3.8, 4) is 11.1 Å². The Morgan fingerprint density at radius 1 is 0.920 bits per heavy atom. The van der Waals surface area contributed by atoms with E-state index in [4.69, 9.17) is 4.42 Å². The zero-order valence-electron chi connectivity index (χ0n) is 15.4. The molecule has 4 rings (SSSR count). The molecule has 0 N–H and O–H groups in total. The van der Waals surface area contributed by atoms with Crippen LogP contribution in [0.2, 0.25) is 19.6 Å². The fourth-order valence-electron chi connectivity index (χ4n) is 3.75. The van der Waals surface area contributed by atoms with Gasteiger partial charge in [0.1, 0.15) is 5.76 Å². The summed E-state index contributed by atoms with van der Waals surface area (Å²) in [5.74, 6) is 1.11. The molecule has 0 amide bonds. The molecular weight excluding hydrogens is 320 g/mol. The number of fused-ring (bicyclic) bond motifs is 1. The van der Waals surface area contributed by atoms with Crippen molar-refractivity contribution in [1.29, 1.82) is 0 Å². The molecule has 1 aromatic heterocycles. The molecular formula is C23H24OSi. The highest BCUT2D eigenvalue weighted by Gasteiger charge is 2.28. The molecule has 0 fully saturated rings. The third-order valence-electron chi connectivity index (χ3n) is 5.13. The number of hydrogen-bond donors (Lipinski definition) is 0. The monoisotopic (exact) mass is 344 g/mol. The zero-order valence-corrected chi connectivity index (χ0v) is 16.4. The van der Waals surface area contributed by atoms with Gasteiger partial charge in [-0.25, -0.2) is 0 Å². The molecule has 2 aromatic carbocycles. The van der Waals surface area contributed by atoms with Crippen molar-refractivity contribution in [3.05, 3.63) is 77.2 Å². The molecule has 0 saturated heterocycles. The SMILES string of the molecule is Cc1ccc(-c2ccccc2)c2c1CC(c1occc1[Si](C)(C)C)=C2. The Bertz CT molecular complexity index is 956. The predicted molar refractivity (Wildman–Crippen MR) is 110 cm³/mol. The third-order valence-corrected chi connectivity index (χ3v) is 7.14. The summed E-state index contributed by atoms with van der Waals surface area (Å²) in [4.78, 5) is 0. The van der Waals surface area contributed by atoms with Gasteiger partial charge in [0.2, 0.25) is 0 Å². The maximum absolute atomic E-state index is 5.96. The highest BCUT2D eigenvalue weighted by molar-refractivity contribution is 6.89. The molecule has 1 aliphatic carbocycles. The van der Waals surface area contributed by atoms with E-state index in [0.717, 1.165) is 12.2 Å². The van der Waals surface area contributed by atoms with Gasteiger partial charge in [0.05, 0.1) is 14.3 Å². The lowest BCUT2D eigenvalue weighted by Gasteiger charge is -2.16. The van der Waals surface area contributed by atoms with Crippen LogP contribution in [-0.2, 0) is 6.42 Å². The summed E-state index contributed by atoms with van der Waals surface area (Å²) in [6, 6.07) is 17.4. The number of allylic oxidation sites excluding steroid dienone is 1. The Morgan fingerprint density at radius 2 is 1.68 bits per heavy atom. The van der Waals surface area contributed by atoms with Gasteiger partial charge >= 0.3 is 0 Å². The standard InChI is InChI=1S/C23H24OSi/c1-16-10-11-19(17-8-6-5-7-9-17)21-15-18(14-20(16)21)23-22(12-13-24-23)25(2,3)4/h5-13,15H,14H2,1-4H3. The summed E-state index contributed by atoms with van der Waals surface area (Å²) in [6.07, 6.45) is 5.18. The molecule has 1 nitrogen and oxygen atoms in total. The summed E-state index contributed by atoms with van der Waals surface area (Å²) >= 11 is 0. The van der Waals surface area contributed by atoms with Crippen molar-refractivity contribution in [1.82, 2.24) is 0 Å². The number of aryl methyl sites for hydroxylation is 1. The van der Waals surface area contributed by atoms with Crippen LogP contribution in [0.15, 0.2) is 59.2 Å². The summed E-state index contributed by atoms with van der Waals surface area (Å²) in [5, 5.41) is 1.42. The van der Waals surface area contributed by atoms with E-state index in [1.54, 1.807) is 0 Å². The Labute approximate surface area is 151 Å². The Morgan fingerprint density at radius 3 is 2.40 bits per heavy atom. The number of furan rings is 1. The molecule has 0 spiro atoms. The molecule has 2 heteroatoms. The fraction of sp³-hybridized carbons (Fsp3) is 0.217. The van der Waals surface area contributed by atoms with E-state index >= 15 is 0 Å². The number of hydrogen-bond acceptors (Lipinski definition) is 1. The first-order valence-corrected chi connectivity index (χ1v) is 12.4. The lowest BCUT2D eigenvalue weighted by Crippen LogP contribution is -2.38. The average Bonchev–Trinajstić information content (AvgIpc) is 3.23. The first-order chi connectivity index (χ1) is 11.9. The van der Waals surface area contributed by atoms with Crippen LogP contribution in [0, 0.1) is 6.92 Å². The van der Waals surface area contributed by atoms with E-state index < -0.39 is 8.07 Å². The van der Waals surface area contributed by atoms with Crippen molar-refractivity contribution >= 4 is 24.9 Å². The summed E-state index contributed by atoms with van der Waals surface area (Å²) in [5.41, 5.74) is 8.08. The van der Waals surface area contributed by atoms with Crippen molar-refractivity contribution in [2.75, 3.05) is 0 Å². The van der Waals surface area contributed by atoms with Gasteiger partial charge in [0.15, 0.2) is 0 Å². The van der Waals surface area contributed by atoms with Crippen LogP contribution in [0.25, 0.3) is 22.8 Å². The van der Waals surface area contributed by atoms with Gasteiger partial charge in [-0.3, -0.25) is 0 Å². The van der Waals surface area contributed by atoms with Crippen LogP contribution in [0.1, 0.15) is 22.5 Å². The van der Waals surface area contributed by atoms with E-state index in [2.05, 4.69) is 81.2 Å². The quantitative estimate of drug-likeness (QED) is 0.539. The largest absolute Gasteiger partial charge is 0.465 e. The minimum absolute atomic E-state index is 0.965. The van der Waals surface area contributed by atoms with Gasteiger partial charge in [-0.1, -0.05) is 62.1 Å². The second kappa shape index (κ2) is 5.89. The van der Waals surface area contributed by atoms with Gasteiger partial charge in [-0.05, 0) is 57.6 Å². The van der Waals surface area contributed by atoms with Gasteiger partial charge in [-0.15, -0.1) is 0 Å². The van der Waals surface area contributed by atoms with Crippen LogP contribution in [0.4, 0.5) is 0 Å². The lowest BCUT2D eigenvalue weighted by molar-refractivity contribution is 0.554. The van der Waals surface area contributed by atoms with E-state index in [9.17, 15) is 0 Å². The topological polar surface area (TPSA) is 13.1 Å². The molecule has 0 saturated carbocycles. The molecule has 0 aliphatic heterocycles. The van der Waals surface area contributed by atoms with Crippen molar-refractivity contribution in [2.24, 2.45) is 0 Å². The Hall–Kier alpha value is -2.32. The number of benzene rings is 2. The second-order valence-corrected chi connectivity index (χ2v) is 13.0. The van der Waals surface area contributed by atoms with E-state index in [1.807, 2.05) is 6.26 Å². The van der Waals surface area contributed by atoms with Gasteiger partial charge in [-0.2, -0.15) is 0 Å². The highest BCUT2D eigenvalue weighted by Crippen LogP contribution is 2.39. The molecule has 0 unspecified atom stereocenters. The lowest BCUT2D eigenvalue weighted by atomic mass is 9.94. The first kappa shape index (κ1) is 16.2. The molecule has 3 aromatic rings. The smallest absolute Gasteiger partial charge is 0.129 e. The molecule has 25 heavy (non-hydrogen) atoms. The van der Waals surface area contributed by atoms with Gasteiger partial charge in [0, 0.05) is 6.42 Å². The van der Waals surface area contributed by atoms with Gasteiger partial charge in [0.25, 0.3) is 0 Å². The van der Waals surface area contributed by atoms with Gasteiger partial charge < -0.3 is 4.42 Å². The van der Waals surface area contributed by atoms with Crippen LogP contribution in [0.5, 0.6) is 0 Å². The second-order valence-electron chi connectivity index (χ2n) is 7.95. The molecule has 0 radical (unpaired) electrons. The Kier molecular flexibility index (Phi) is 3.81. The van der Waals surface area contributed by atoms with Crippen LogP contribution < -0.4 is 5.19 Å². The number of rotatable bonds is 3. The van der Waals surface area contributed by atoms with Crippen LogP contribution in [-0.4, -0.2) is 8.07 Å². The van der Waals surface area contributed by atoms with E-state index in [-0.39, 0.29) is 0 Å². The minimum Gasteiger partial charge on any atom is -0.465 e. The van der Waals surface area contributed by atoms with Crippen LogP contribution in [0.3, 0.4) is 0 Å². The molecule has 0 atom stereocenters. The highest BCUT2D eigenvalue weighted by atomic mass is 28.3. The molecule has 1 heterocycles. The van der Waals surface area contributed by atoms with Crippen molar-refractivity contribution < 1.29 is 4.42 Å². The third kappa shape index (κ3) is 2.81. The summed E-state index contributed by atoms with van der Waals surface area (Å²) in [7, 11) is -1.42. The molecule has 126 valence electrons. The first-order valence-electron chi connectivity index (χ1n) is 8.92. The predicted octanol–water partition coefficient (Wildman–Crippen LogP) is 5.90. The average molecular weight is 345 g/mol. The maximum atomic E-state index is 5.96. The minimum atomic E-state index is -1.42. The van der Waals surface area contributed by atoms with Crippen molar-refractivity contribution in [3.63, 3.8) is 0 Å². The molecule has 1 aliphatic rings. The normalized spacial score (nSPS) is 13.7. The Balaban J connectivity index is 1.85. The summed E-state index contributed by atoms with van der Waals surface area (Å²) < 4.78 is 5.96. The van der Waals surface area contributed by atoms with E-state index in [0.29, 0.717) is 0 Å². The van der Waals surface area contributed by atoms with Crippen molar-refractivity contribution in [2.45, 2.75) is 33.0 Å². The molecule has 0 bridgehead atoms. The van der Waals surface area contributed by atoms with E-state index in [1.165, 1.54) is 38.6 Å². The summed E-state index contributed by atoms with van der Waals surface area (Å²) in [6.45, 7) is 9.35. The fourth-order valence-corrected chi connectivity index (χ4v) is 5.22.